The minimum Gasteiger partial charge on any atom is -0.496 e. The lowest BCUT2D eigenvalue weighted by molar-refractivity contribution is 0.409. The summed E-state index contributed by atoms with van der Waals surface area (Å²) >= 11 is 24.3. The van der Waals surface area contributed by atoms with Crippen molar-refractivity contribution in [2.45, 2.75) is 11.8 Å². The van der Waals surface area contributed by atoms with E-state index >= 15 is 0 Å². The summed E-state index contributed by atoms with van der Waals surface area (Å²) < 4.78 is 5.31. The van der Waals surface area contributed by atoms with Gasteiger partial charge in [-0.25, -0.2) is 0 Å². The Morgan fingerprint density at radius 2 is 1.75 bits per heavy atom. The molecule has 106 valence electrons. The van der Waals surface area contributed by atoms with Gasteiger partial charge in [-0.15, -0.1) is 11.6 Å². The Hall–Kier alpha value is -0.600. The number of alkyl halides is 1. The molecule has 2 aromatic rings. The summed E-state index contributed by atoms with van der Waals surface area (Å²) in [4.78, 5) is 0. The summed E-state index contributed by atoms with van der Waals surface area (Å²) in [6.45, 7) is 0. The first-order valence-electron chi connectivity index (χ1n) is 5.92. The monoisotopic (exact) mass is 348 g/mol. The summed E-state index contributed by atoms with van der Waals surface area (Å²) in [5.41, 5.74) is 1.90. The van der Waals surface area contributed by atoms with Crippen LogP contribution in [0.4, 0.5) is 0 Å². The van der Waals surface area contributed by atoms with E-state index in [-0.39, 0.29) is 5.38 Å². The van der Waals surface area contributed by atoms with E-state index in [4.69, 9.17) is 51.1 Å². The highest BCUT2D eigenvalue weighted by molar-refractivity contribution is 6.42. The Labute approximate surface area is 138 Å². The quantitative estimate of drug-likeness (QED) is 0.599. The van der Waals surface area contributed by atoms with Crippen LogP contribution in [0.5, 0.6) is 5.75 Å². The molecule has 0 spiro atoms. The van der Waals surface area contributed by atoms with Gasteiger partial charge in [-0.05, 0) is 36.2 Å². The van der Waals surface area contributed by atoms with Gasteiger partial charge in [-0.2, -0.15) is 0 Å². The van der Waals surface area contributed by atoms with Gasteiger partial charge in [-0.3, -0.25) is 0 Å². The zero-order valence-corrected chi connectivity index (χ0v) is 13.7. The van der Waals surface area contributed by atoms with Crippen LogP contribution in [0.2, 0.25) is 15.1 Å². The zero-order valence-electron chi connectivity index (χ0n) is 10.7. The van der Waals surface area contributed by atoms with E-state index in [1.54, 1.807) is 25.3 Å². The van der Waals surface area contributed by atoms with Crippen molar-refractivity contribution in [3.05, 3.63) is 62.6 Å². The second kappa shape index (κ2) is 6.91. The van der Waals surface area contributed by atoms with Gasteiger partial charge in [0.05, 0.1) is 22.5 Å². The fourth-order valence-electron chi connectivity index (χ4n) is 1.93. The van der Waals surface area contributed by atoms with Crippen LogP contribution >= 0.6 is 46.4 Å². The van der Waals surface area contributed by atoms with Gasteiger partial charge in [0.1, 0.15) is 5.75 Å². The van der Waals surface area contributed by atoms with E-state index in [0.717, 1.165) is 11.1 Å². The standard InChI is InChI=1S/C15H12Cl4O/c1-20-15-8-10(16)3-4-11(15)13(18)6-9-2-5-12(17)14(19)7-9/h2-5,7-8,13H,6H2,1H3. The molecule has 0 aromatic heterocycles. The molecule has 0 bridgehead atoms. The fourth-order valence-corrected chi connectivity index (χ4v) is 2.77. The van der Waals surface area contributed by atoms with Crippen LogP contribution in [-0.4, -0.2) is 7.11 Å². The minimum absolute atomic E-state index is 0.237. The maximum Gasteiger partial charge on any atom is 0.125 e. The molecule has 0 heterocycles. The number of rotatable bonds is 4. The van der Waals surface area contributed by atoms with E-state index in [2.05, 4.69) is 0 Å². The van der Waals surface area contributed by atoms with Crippen LogP contribution in [0.25, 0.3) is 0 Å². The summed E-state index contributed by atoms with van der Waals surface area (Å²) in [6, 6.07) is 10.9. The number of hydrogen-bond acceptors (Lipinski definition) is 1. The topological polar surface area (TPSA) is 9.23 Å². The Kier molecular flexibility index (Phi) is 5.45. The Morgan fingerprint density at radius 1 is 1.00 bits per heavy atom. The molecule has 2 rings (SSSR count). The fraction of sp³-hybridized carbons (Fsp3) is 0.200. The van der Waals surface area contributed by atoms with Crippen LogP contribution in [0.1, 0.15) is 16.5 Å². The van der Waals surface area contributed by atoms with E-state index in [9.17, 15) is 0 Å². The maximum absolute atomic E-state index is 6.47. The number of benzene rings is 2. The average molecular weight is 350 g/mol. The highest BCUT2D eigenvalue weighted by Crippen LogP contribution is 2.35. The summed E-state index contributed by atoms with van der Waals surface area (Å²) in [5, 5.41) is 1.44. The molecule has 0 saturated carbocycles. The number of methoxy groups -OCH3 is 1. The largest absolute Gasteiger partial charge is 0.496 e. The molecule has 0 amide bonds. The lowest BCUT2D eigenvalue weighted by Gasteiger charge is -2.14. The molecule has 0 N–H and O–H groups in total. The van der Waals surface area contributed by atoms with Gasteiger partial charge < -0.3 is 4.74 Å². The van der Waals surface area contributed by atoms with Crippen molar-refractivity contribution in [3.63, 3.8) is 0 Å². The predicted molar refractivity (Wildman–Crippen MR) is 86.8 cm³/mol. The van der Waals surface area contributed by atoms with E-state index in [0.29, 0.717) is 27.2 Å². The highest BCUT2D eigenvalue weighted by Gasteiger charge is 2.15. The first kappa shape index (κ1) is 15.8. The third-order valence-corrected chi connectivity index (χ3v) is 4.30. The van der Waals surface area contributed by atoms with Crippen LogP contribution in [0.3, 0.4) is 0 Å². The summed E-state index contributed by atoms with van der Waals surface area (Å²) in [6.07, 6.45) is 0.621. The second-order valence-corrected chi connectivity index (χ2v) is 6.08. The SMILES string of the molecule is COc1cc(Cl)ccc1C(Cl)Cc1ccc(Cl)c(Cl)c1. The van der Waals surface area contributed by atoms with Crippen molar-refractivity contribution in [1.82, 2.24) is 0 Å². The molecule has 1 unspecified atom stereocenters. The Bertz CT molecular complexity index is 613. The lowest BCUT2D eigenvalue weighted by atomic mass is 10.0. The first-order valence-corrected chi connectivity index (χ1v) is 7.49. The lowest BCUT2D eigenvalue weighted by Crippen LogP contribution is -1.99. The van der Waals surface area contributed by atoms with Gasteiger partial charge in [0.2, 0.25) is 0 Å². The smallest absolute Gasteiger partial charge is 0.125 e. The molecule has 0 saturated heterocycles. The van der Waals surface area contributed by atoms with Crippen LogP contribution in [0, 0.1) is 0 Å². The van der Waals surface area contributed by atoms with Gasteiger partial charge in [0.25, 0.3) is 0 Å². The van der Waals surface area contributed by atoms with Crippen molar-refractivity contribution >= 4 is 46.4 Å². The molecule has 1 nitrogen and oxygen atoms in total. The predicted octanol–water partition coefficient (Wildman–Crippen LogP) is 6.18. The Balaban J connectivity index is 2.23. The van der Waals surface area contributed by atoms with Gasteiger partial charge in [0, 0.05) is 10.6 Å². The van der Waals surface area contributed by atoms with Crippen molar-refractivity contribution in [3.8, 4) is 5.75 Å². The van der Waals surface area contributed by atoms with Crippen LogP contribution < -0.4 is 4.74 Å². The maximum atomic E-state index is 6.47. The molecule has 0 aliphatic carbocycles. The third kappa shape index (κ3) is 3.73. The summed E-state index contributed by atoms with van der Waals surface area (Å²) in [5.74, 6) is 0.678. The minimum atomic E-state index is -0.237. The number of ether oxygens (including phenoxy) is 1. The molecular weight excluding hydrogens is 338 g/mol. The van der Waals surface area contributed by atoms with Crippen molar-refractivity contribution in [2.24, 2.45) is 0 Å². The molecule has 1 atom stereocenters. The molecular formula is C15H12Cl4O. The van der Waals surface area contributed by atoms with Crippen molar-refractivity contribution in [1.29, 1.82) is 0 Å². The van der Waals surface area contributed by atoms with Gasteiger partial charge in [0.15, 0.2) is 0 Å². The van der Waals surface area contributed by atoms with Gasteiger partial charge >= 0.3 is 0 Å². The molecule has 0 aliphatic heterocycles. The van der Waals surface area contributed by atoms with E-state index in [1.165, 1.54) is 0 Å². The summed E-state index contributed by atoms with van der Waals surface area (Å²) in [7, 11) is 1.60. The number of halogens is 4. The highest BCUT2D eigenvalue weighted by atomic mass is 35.5. The molecule has 20 heavy (non-hydrogen) atoms. The molecule has 0 radical (unpaired) electrons. The number of hydrogen-bond donors (Lipinski definition) is 0. The van der Waals surface area contributed by atoms with E-state index in [1.807, 2.05) is 18.2 Å². The van der Waals surface area contributed by atoms with E-state index < -0.39 is 0 Å². The molecule has 5 heteroatoms. The normalized spacial score (nSPS) is 12.2. The molecule has 0 fully saturated rings. The first-order chi connectivity index (χ1) is 9.51. The van der Waals surface area contributed by atoms with Gasteiger partial charge in [-0.1, -0.05) is 46.9 Å². The van der Waals surface area contributed by atoms with Crippen LogP contribution in [0.15, 0.2) is 36.4 Å². The molecule has 2 aromatic carbocycles. The Morgan fingerprint density at radius 3 is 2.40 bits per heavy atom. The molecule has 0 aliphatic rings. The third-order valence-electron chi connectivity index (χ3n) is 2.93. The average Bonchev–Trinajstić information content (AvgIpc) is 2.42. The van der Waals surface area contributed by atoms with Crippen molar-refractivity contribution in [2.75, 3.05) is 7.11 Å². The van der Waals surface area contributed by atoms with Crippen molar-refractivity contribution < 1.29 is 4.74 Å². The zero-order chi connectivity index (χ0) is 14.7. The second-order valence-electron chi connectivity index (χ2n) is 4.31. The van der Waals surface area contributed by atoms with Crippen LogP contribution in [-0.2, 0) is 6.42 Å².